The van der Waals surface area contributed by atoms with Crippen LogP contribution in [0.25, 0.3) is 0 Å². The molecule has 0 saturated carbocycles. The molecule has 1 aliphatic heterocycles. The summed E-state index contributed by atoms with van der Waals surface area (Å²) in [5.41, 5.74) is 0. The van der Waals surface area contributed by atoms with E-state index in [1.165, 1.54) is 0 Å². The monoisotopic (exact) mass is 228 g/mol. The van der Waals surface area contributed by atoms with Gasteiger partial charge in [0.25, 0.3) is 0 Å². The molecule has 1 N–H and O–H groups in total. The van der Waals surface area contributed by atoms with Gasteiger partial charge in [0.15, 0.2) is 0 Å². The average Bonchev–Trinajstić information content (AvgIpc) is 2.30. The molecular formula is C12H24N2O2. The minimum Gasteiger partial charge on any atom is -0.383 e. The van der Waals surface area contributed by atoms with Crippen LogP contribution < -0.4 is 5.32 Å². The molecule has 1 heterocycles. The Morgan fingerprint density at radius 1 is 1.50 bits per heavy atom. The van der Waals surface area contributed by atoms with Crippen molar-refractivity contribution in [2.75, 3.05) is 33.4 Å². The molecule has 4 heteroatoms. The lowest BCUT2D eigenvalue weighted by Gasteiger charge is -2.31. The first-order valence-electron chi connectivity index (χ1n) is 6.20. The Balaban J connectivity index is 2.41. The molecule has 0 radical (unpaired) electrons. The molecule has 0 spiro atoms. The number of piperidine rings is 1. The van der Waals surface area contributed by atoms with E-state index in [-0.39, 0.29) is 11.8 Å². The summed E-state index contributed by atoms with van der Waals surface area (Å²) in [7, 11) is 1.67. The van der Waals surface area contributed by atoms with Gasteiger partial charge in [0.05, 0.1) is 12.5 Å². The van der Waals surface area contributed by atoms with Gasteiger partial charge in [-0.25, -0.2) is 0 Å². The molecule has 1 fully saturated rings. The molecule has 2 atom stereocenters. The maximum atomic E-state index is 12.2. The number of nitrogens with zero attached hydrogens (tertiary/aromatic N) is 1. The van der Waals surface area contributed by atoms with E-state index in [2.05, 4.69) is 12.2 Å². The van der Waals surface area contributed by atoms with Crippen molar-refractivity contribution >= 4 is 5.91 Å². The largest absolute Gasteiger partial charge is 0.383 e. The van der Waals surface area contributed by atoms with Crippen LogP contribution in [0.1, 0.15) is 26.7 Å². The van der Waals surface area contributed by atoms with Crippen molar-refractivity contribution in [2.45, 2.75) is 32.7 Å². The predicted octanol–water partition coefficient (Wildman–Crippen LogP) is 0.869. The number of amides is 1. The van der Waals surface area contributed by atoms with Crippen LogP contribution in [0, 0.1) is 5.92 Å². The summed E-state index contributed by atoms with van der Waals surface area (Å²) in [6, 6.07) is 0.554. The fraction of sp³-hybridized carbons (Fsp3) is 0.917. The van der Waals surface area contributed by atoms with Gasteiger partial charge in [-0.2, -0.15) is 0 Å². The number of methoxy groups -OCH3 is 1. The van der Waals surface area contributed by atoms with E-state index >= 15 is 0 Å². The summed E-state index contributed by atoms with van der Waals surface area (Å²) >= 11 is 0. The third kappa shape index (κ3) is 3.76. The minimum absolute atomic E-state index is 0.160. The van der Waals surface area contributed by atoms with Crippen LogP contribution in [0.3, 0.4) is 0 Å². The smallest absolute Gasteiger partial charge is 0.227 e. The highest BCUT2D eigenvalue weighted by atomic mass is 16.5. The number of carbonyl (C=O) groups is 1. The molecule has 2 unspecified atom stereocenters. The Hall–Kier alpha value is -0.610. The van der Waals surface area contributed by atoms with Crippen molar-refractivity contribution in [3.63, 3.8) is 0 Å². The van der Waals surface area contributed by atoms with Crippen molar-refractivity contribution < 1.29 is 9.53 Å². The van der Waals surface area contributed by atoms with E-state index in [9.17, 15) is 4.79 Å². The quantitative estimate of drug-likeness (QED) is 0.759. The first-order valence-corrected chi connectivity index (χ1v) is 6.20. The molecule has 4 nitrogen and oxygen atoms in total. The second kappa shape index (κ2) is 6.86. The zero-order chi connectivity index (χ0) is 12.0. The molecule has 1 saturated heterocycles. The number of hydrogen-bond donors (Lipinski definition) is 1. The molecule has 0 aromatic carbocycles. The van der Waals surface area contributed by atoms with Gasteiger partial charge in [-0.1, -0.05) is 0 Å². The minimum atomic E-state index is 0.160. The van der Waals surface area contributed by atoms with Gasteiger partial charge in [0, 0.05) is 32.8 Å². The molecule has 0 aliphatic carbocycles. The Labute approximate surface area is 98.3 Å². The summed E-state index contributed by atoms with van der Waals surface area (Å²) in [4.78, 5) is 14.1. The SMILES string of the molecule is CCN(CCOC)C(=O)C1CCC(C)NC1. The first kappa shape index (κ1) is 13.5. The lowest BCUT2D eigenvalue weighted by molar-refractivity contribution is -0.136. The van der Waals surface area contributed by atoms with Crippen LogP contribution >= 0.6 is 0 Å². The van der Waals surface area contributed by atoms with Crippen LogP contribution in [0.4, 0.5) is 0 Å². The zero-order valence-electron chi connectivity index (χ0n) is 10.7. The van der Waals surface area contributed by atoms with Crippen LogP contribution in [0.2, 0.25) is 0 Å². The Morgan fingerprint density at radius 3 is 2.75 bits per heavy atom. The molecule has 0 bridgehead atoms. The van der Waals surface area contributed by atoms with E-state index in [0.29, 0.717) is 19.2 Å². The van der Waals surface area contributed by atoms with Crippen molar-refractivity contribution in [3.8, 4) is 0 Å². The highest BCUT2D eigenvalue weighted by Crippen LogP contribution is 2.16. The molecule has 94 valence electrons. The van der Waals surface area contributed by atoms with Gasteiger partial charge >= 0.3 is 0 Å². The van der Waals surface area contributed by atoms with E-state index in [0.717, 1.165) is 25.9 Å². The zero-order valence-corrected chi connectivity index (χ0v) is 10.7. The number of ether oxygens (including phenoxy) is 1. The van der Waals surface area contributed by atoms with Crippen LogP contribution in [0.5, 0.6) is 0 Å². The predicted molar refractivity (Wildman–Crippen MR) is 64.3 cm³/mol. The molecule has 1 aliphatic rings. The highest BCUT2D eigenvalue weighted by Gasteiger charge is 2.26. The normalized spacial score (nSPS) is 25.4. The van der Waals surface area contributed by atoms with Gasteiger partial charge in [-0.15, -0.1) is 0 Å². The number of carbonyl (C=O) groups excluding carboxylic acids is 1. The highest BCUT2D eigenvalue weighted by molar-refractivity contribution is 5.79. The molecule has 0 aromatic heterocycles. The van der Waals surface area contributed by atoms with Crippen LogP contribution in [0.15, 0.2) is 0 Å². The summed E-state index contributed by atoms with van der Waals surface area (Å²) in [5, 5.41) is 3.37. The Kier molecular flexibility index (Phi) is 5.77. The van der Waals surface area contributed by atoms with Crippen LogP contribution in [-0.4, -0.2) is 50.2 Å². The number of likely N-dealkylation sites (N-methyl/N-ethyl adjacent to an activating group) is 1. The molecule has 1 rings (SSSR count). The topological polar surface area (TPSA) is 41.6 Å². The summed E-state index contributed by atoms with van der Waals surface area (Å²) in [5.74, 6) is 0.437. The van der Waals surface area contributed by atoms with E-state index in [1.807, 2.05) is 11.8 Å². The van der Waals surface area contributed by atoms with Crippen molar-refractivity contribution in [1.82, 2.24) is 10.2 Å². The summed E-state index contributed by atoms with van der Waals surface area (Å²) < 4.78 is 5.02. The van der Waals surface area contributed by atoms with Gasteiger partial charge in [0.1, 0.15) is 0 Å². The summed E-state index contributed by atoms with van der Waals surface area (Å²) in [6.07, 6.45) is 2.11. The second-order valence-electron chi connectivity index (χ2n) is 4.49. The Bertz CT molecular complexity index is 206. The van der Waals surface area contributed by atoms with Gasteiger partial charge in [-0.05, 0) is 26.7 Å². The fourth-order valence-electron chi connectivity index (χ4n) is 2.09. The third-order valence-electron chi connectivity index (χ3n) is 3.27. The van der Waals surface area contributed by atoms with Crippen molar-refractivity contribution in [1.29, 1.82) is 0 Å². The van der Waals surface area contributed by atoms with Crippen LogP contribution in [-0.2, 0) is 9.53 Å². The maximum absolute atomic E-state index is 12.2. The first-order chi connectivity index (χ1) is 7.69. The fourth-order valence-corrected chi connectivity index (χ4v) is 2.09. The standard InChI is InChI=1S/C12H24N2O2/c1-4-14(7-8-16-3)12(15)11-6-5-10(2)13-9-11/h10-11,13H,4-9H2,1-3H3. The van der Waals surface area contributed by atoms with Gasteiger partial charge < -0.3 is 15.0 Å². The molecule has 0 aromatic rings. The third-order valence-corrected chi connectivity index (χ3v) is 3.27. The maximum Gasteiger partial charge on any atom is 0.227 e. The molecule has 1 amide bonds. The second-order valence-corrected chi connectivity index (χ2v) is 4.49. The summed E-state index contributed by atoms with van der Waals surface area (Å²) in [6.45, 7) is 7.11. The van der Waals surface area contributed by atoms with Gasteiger partial charge in [-0.3, -0.25) is 4.79 Å². The van der Waals surface area contributed by atoms with Crippen molar-refractivity contribution in [2.24, 2.45) is 5.92 Å². The molecule has 16 heavy (non-hydrogen) atoms. The average molecular weight is 228 g/mol. The molecular weight excluding hydrogens is 204 g/mol. The number of hydrogen-bond acceptors (Lipinski definition) is 3. The number of rotatable bonds is 5. The van der Waals surface area contributed by atoms with Gasteiger partial charge in [0.2, 0.25) is 5.91 Å². The number of nitrogens with one attached hydrogen (secondary N) is 1. The van der Waals surface area contributed by atoms with Crippen molar-refractivity contribution in [3.05, 3.63) is 0 Å². The van der Waals surface area contributed by atoms with E-state index in [1.54, 1.807) is 7.11 Å². The lowest BCUT2D eigenvalue weighted by atomic mass is 9.94. The van der Waals surface area contributed by atoms with E-state index in [4.69, 9.17) is 4.74 Å². The lowest BCUT2D eigenvalue weighted by Crippen LogP contribution is -2.46. The van der Waals surface area contributed by atoms with E-state index < -0.39 is 0 Å². The Morgan fingerprint density at radius 2 is 2.25 bits per heavy atom.